The van der Waals surface area contributed by atoms with Crippen LogP contribution in [-0.2, 0) is 4.74 Å². The summed E-state index contributed by atoms with van der Waals surface area (Å²) < 4.78 is 5.46. The van der Waals surface area contributed by atoms with E-state index in [4.69, 9.17) is 16.3 Å². The van der Waals surface area contributed by atoms with Crippen LogP contribution in [0.3, 0.4) is 0 Å². The molecule has 1 unspecified atom stereocenters. The Morgan fingerprint density at radius 1 is 1.32 bits per heavy atom. The van der Waals surface area contributed by atoms with E-state index in [0.717, 1.165) is 44.5 Å². The summed E-state index contributed by atoms with van der Waals surface area (Å²) in [4.78, 5) is 11.5. The maximum atomic E-state index is 6.13. The Morgan fingerprint density at radius 3 is 2.68 bits per heavy atom. The molecule has 2 fully saturated rings. The van der Waals surface area contributed by atoms with E-state index >= 15 is 0 Å². The molecule has 1 aliphatic carbocycles. The fraction of sp³-hybridized carbons (Fsp3) is 0.750. The van der Waals surface area contributed by atoms with Gasteiger partial charge < -0.3 is 10.1 Å². The second kappa shape index (κ2) is 7.11. The monoisotopic (exact) mass is 324 g/mol. The van der Waals surface area contributed by atoms with Crippen molar-refractivity contribution < 1.29 is 4.74 Å². The summed E-state index contributed by atoms with van der Waals surface area (Å²) in [5.41, 5.74) is 0. The van der Waals surface area contributed by atoms with Crippen molar-refractivity contribution in [3.8, 4) is 0 Å². The van der Waals surface area contributed by atoms with Crippen LogP contribution in [0.2, 0.25) is 5.15 Å². The summed E-state index contributed by atoms with van der Waals surface area (Å²) >= 11 is 6.13. The van der Waals surface area contributed by atoms with Gasteiger partial charge in [0.25, 0.3) is 0 Å². The first-order valence-corrected chi connectivity index (χ1v) is 8.61. The van der Waals surface area contributed by atoms with Gasteiger partial charge in [-0.2, -0.15) is 0 Å². The number of nitrogens with one attached hydrogen (secondary N) is 1. The number of ether oxygens (including phenoxy) is 1. The third-order valence-corrected chi connectivity index (χ3v) is 4.62. The molecule has 0 amide bonds. The molecule has 6 heteroatoms. The first-order chi connectivity index (χ1) is 10.6. The van der Waals surface area contributed by atoms with Crippen LogP contribution in [0.25, 0.3) is 0 Å². The van der Waals surface area contributed by atoms with Crippen LogP contribution in [-0.4, -0.2) is 53.8 Å². The Hall–Kier alpha value is -0.910. The van der Waals surface area contributed by atoms with E-state index in [-0.39, 0.29) is 0 Å². The van der Waals surface area contributed by atoms with Gasteiger partial charge >= 0.3 is 0 Å². The highest BCUT2D eigenvalue weighted by molar-refractivity contribution is 6.29. The number of rotatable bonds is 6. The third-order valence-electron chi connectivity index (χ3n) is 4.43. The van der Waals surface area contributed by atoms with Crippen molar-refractivity contribution in [3.63, 3.8) is 0 Å². The maximum Gasteiger partial charge on any atom is 0.135 e. The molecule has 1 aromatic heterocycles. The molecular formula is C16H25ClN4O. The molecule has 2 heterocycles. The van der Waals surface area contributed by atoms with Crippen molar-refractivity contribution in [2.45, 2.75) is 38.6 Å². The van der Waals surface area contributed by atoms with Gasteiger partial charge in [-0.25, -0.2) is 9.97 Å². The molecular weight excluding hydrogens is 300 g/mol. The van der Waals surface area contributed by atoms with Crippen LogP contribution in [0, 0.1) is 5.92 Å². The predicted molar refractivity (Wildman–Crippen MR) is 88.5 cm³/mol. The molecule has 2 aliphatic rings. The molecule has 1 saturated carbocycles. The van der Waals surface area contributed by atoms with Gasteiger partial charge in [0.1, 0.15) is 16.8 Å². The number of hydrogen-bond donors (Lipinski definition) is 1. The van der Waals surface area contributed by atoms with Gasteiger partial charge in [0.05, 0.1) is 13.2 Å². The molecule has 5 nitrogen and oxygen atoms in total. The molecule has 1 saturated heterocycles. The maximum absolute atomic E-state index is 6.13. The zero-order valence-electron chi connectivity index (χ0n) is 13.4. The standard InChI is InChI=1S/C16H25ClN4O/c1-11(2)13(21-5-7-22-8-6-21)10-18-15-9-14(17)19-16(20-15)12-3-4-12/h9,11-13H,3-8,10H2,1-2H3,(H,18,19,20). The van der Waals surface area contributed by atoms with Crippen LogP contribution >= 0.6 is 11.6 Å². The van der Waals surface area contributed by atoms with Crippen LogP contribution in [0.4, 0.5) is 5.82 Å². The first kappa shape index (κ1) is 16.0. The molecule has 0 aromatic carbocycles. The number of nitrogens with zero attached hydrogens (tertiary/aromatic N) is 3. The highest BCUT2D eigenvalue weighted by atomic mass is 35.5. The minimum atomic E-state index is 0.474. The lowest BCUT2D eigenvalue weighted by molar-refractivity contribution is 0.00953. The molecule has 1 aliphatic heterocycles. The summed E-state index contributed by atoms with van der Waals surface area (Å²) in [6.07, 6.45) is 2.37. The minimum Gasteiger partial charge on any atom is -0.379 e. The van der Waals surface area contributed by atoms with Gasteiger partial charge in [-0.05, 0) is 18.8 Å². The predicted octanol–water partition coefficient (Wildman–Crippen LogP) is 2.78. The van der Waals surface area contributed by atoms with E-state index < -0.39 is 0 Å². The zero-order valence-corrected chi connectivity index (χ0v) is 14.1. The van der Waals surface area contributed by atoms with E-state index in [1.54, 1.807) is 0 Å². The molecule has 22 heavy (non-hydrogen) atoms. The Morgan fingerprint density at radius 2 is 2.05 bits per heavy atom. The summed E-state index contributed by atoms with van der Waals surface area (Å²) in [5.74, 6) is 2.83. The first-order valence-electron chi connectivity index (χ1n) is 8.23. The van der Waals surface area contributed by atoms with Crippen LogP contribution < -0.4 is 5.32 Å². The van der Waals surface area contributed by atoms with Crippen molar-refractivity contribution in [2.75, 3.05) is 38.2 Å². The normalized spacial score (nSPS) is 21.1. The Balaban J connectivity index is 1.63. The zero-order chi connectivity index (χ0) is 15.5. The molecule has 0 bridgehead atoms. The van der Waals surface area contributed by atoms with E-state index in [0.29, 0.717) is 23.0 Å². The molecule has 1 N–H and O–H groups in total. The smallest absolute Gasteiger partial charge is 0.135 e. The molecule has 1 atom stereocenters. The SMILES string of the molecule is CC(C)C(CNc1cc(Cl)nc(C2CC2)n1)N1CCOCC1. The molecule has 3 rings (SSSR count). The van der Waals surface area contributed by atoms with Crippen molar-refractivity contribution >= 4 is 17.4 Å². The average molecular weight is 325 g/mol. The quantitative estimate of drug-likeness (QED) is 0.815. The van der Waals surface area contributed by atoms with Gasteiger partial charge in [0.2, 0.25) is 0 Å². The lowest BCUT2D eigenvalue weighted by Crippen LogP contribution is -2.49. The number of aromatic nitrogens is 2. The minimum absolute atomic E-state index is 0.474. The van der Waals surface area contributed by atoms with Gasteiger partial charge in [0.15, 0.2) is 0 Å². The second-order valence-corrected chi connectivity index (χ2v) is 6.94. The number of morpholine rings is 1. The van der Waals surface area contributed by atoms with E-state index in [9.17, 15) is 0 Å². The van der Waals surface area contributed by atoms with Gasteiger partial charge in [0, 0.05) is 37.7 Å². The number of halogens is 1. The summed E-state index contributed by atoms with van der Waals surface area (Å²) in [6.45, 7) is 9.07. The van der Waals surface area contributed by atoms with Crippen molar-refractivity contribution in [1.29, 1.82) is 0 Å². The number of anilines is 1. The summed E-state index contributed by atoms with van der Waals surface area (Å²) in [5, 5.41) is 4.00. The highest BCUT2D eigenvalue weighted by Crippen LogP contribution is 2.38. The molecule has 1 aromatic rings. The van der Waals surface area contributed by atoms with Crippen molar-refractivity contribution in [1.82, 2.24) is 14.9 Å². The third kappa shape index (κ3) is 4.09. The topological polar surface area (TPSA) is 50.3 Å². The summed E-state index contributed by atoms with van der Waals surface area (Å²) in [6, 6.07) is 2.30. The van der Waals surface area contributed by atoms with Crippen molar-refractivity contribution in [2.24, 2.45) is 5.92 Å². The number of hydrogen-bond acceptors (Lipinski definition) is 5. The largest absolute Gasteiger partial charge is 0.379 e. The highest BCUT2D eigenvalue weighted by Gasteiger charge is 2.28. The molecule has 0 spiro atoms. The lowest BCUT2D eigenvalue weighted by atomic mass is 10.0. The van der Waals surface area contributed by atoms with Gasteiger partial charge in [-0.3, -0.25) is 4.90 Å². The van der Waals surface area contributed by atoms with E-state index in [2.05, 4.69) is 34.0 Å². The Labute approximate surface area is 137 Å². The average Bonchev–Trinajstić information content (AvgIpc) is 3.32. The molecule has 0 radical (unpaired) electrons. The van der Waals surface area contributed by atoms with Gasteiger partial charge in [-0.15, -0.1) is 0 Å². The fourth-order valence-corrected chi connectivity index (χ4v) is 3.14. The fourth-order valence-electron chi connectivity index (χ4n) is 2.95. The van der Waals surface area contributed by atoms with Crippen LogP contribution in [0.5, 0.6) is 0 Å². The van der Waals surface area contributed by atoms with Crippen molar-refractivity contribution in [3.05, 3.63) is 17.0 Å². The molecule has 122 valence electrons. The summed E-state index contributed by atoms with van der Waals surface area (Å²) in [7, 11) is 0. The lowest BCUT2D eigenvalue weighted by Gasteiger charge is -2.37. The van der Waals surface area contributed by atoms with E-state index in [1.165, 1.54) is 12.8 Å². The van der Waals surface area contributed by atoms with Crippen LogP contribution in [0.15, 0.2) is 6.07 Å². The van der Waals surface area contributed by atoms with Crippen LogP contribution in [0.1, 0.15) is 38.4 Å². The van der Waals surface area contributed by atoms with E-state index in [1.807, 2.05) is 6.07 Å². The van der Waals surface area contributed by atoms with Gasteiger partial charge in [-0.1, -0.05) is 25.4 Å². The Bertz CT molecular complexity index is 501. The second-order valence-electron chi connectivity index (χ2n) is 6.55. The Kier molecular flexibility index (Phi) is 5.16.